The fraction of sp³-hybridized carbons (Fsp3) is 0.381. The maximum atomic E-state index is 12.2. The van der Waals surface area contributed by atoms with E-state index in [1.807, 2.05) is 62.4 Å². The Morgan fingerprint density at radius 2 is 1.08 bits per heavy atom. The van der Waals surface area contributed by atoms with Gasteiger partial charge in [0, 0.05) is 12.8 Å². The van der Waals surface area contributed by atoms with Gasteiger partial charge in [0.25, 0.3) is 0 Å². The minimum Gasteiger partial charge on any atom is -0.388 e. The van der Waals surface area contributed by atoms with Crippen molar-refractivity contribution >= 4 is 5.78 Å². The first-order chi connectivity index (χ1) is 11.5. The highest BCUT2D eigenvalue weighted by Gasteiger charge is 2.09. The Hall–Kier alpha value is -1.97. The number of hydrogen-bond acceptors (Lipinski definition) is 3. The van der Waals surface area contributed by atoms with Gasteiger partial charge in [-0.25, -0.2) is 0 Å². The smallest absolute Gasteiger partial charge is 0.141 e. The Balaban J connectivity index is 1.93. The Bertz CT molecular complexity index is 586. The summed E-state index contributed by atoms with van der Waals surface area (Å²) in [4.78, 5) is 12.2. The van der Waals surface area contributed by atoms with Gasteiger partial charge in [-0.3, -0.25) is 4.79 Å². The number of carbonyl (C=O) groups excluding carboxylic acids is 1. The van der Waals surface area contributed by atoms with Gasteiger partial charge in [0.1, 0.15) is 5.78 Å². The summed E-state index contributed by atoms with van der Waals surface area (Å²) in [5.74, 6) is 0.155. The molecule has 0 bridgehead atoms. The normalized spacial score (nSPS) is 13.5. The molecule has 0 aliphatic rings. The monoisotopic (exact) mass is 326 g/mol. The van der Waals surface area contributed by atoms with Crippen molar-refractivity contribution < 1.29 is 15.0 Å². The molecule has 2 atom stereocenters. The maximum Gasteiger partial charge on any atom is 0.141 e. The molecule has 24 heavy (non-hydrogen) atoms. The van der Waals surface area contributed by atoms with E-state index in [9.17, 15) is 15.0 Å². The molecule has 2 unspecified atom stereocenters. The van der Waals surface area contributed by atoms with Gasteiger partial charge in [0.15, 0.2) is 0 Å². The number of aliphatic hydroxyl groups excluding tert-OH is 2. The van der Waals surface area contributed by atoms with Crippen molar-refractivity contribution in [2.24, 2.45) is 0 Å². The average molecular weight is 326 g/mol. The first-order valence-corrected chi connectivity index (χ1v) is 8.59. The SMILES string of the molecule is CCC(O)c1ccc(CC(=O)Cc2ccc(C(O)CC)cc2)cc1. The van der Waals surface area contributed by atoms with Gasteiger partial charge >= 0.3 is 0 Å². The van der Waals surface area contributed by atoms with Crippen molar-refractivity contribution in [1.29, 1.82) is 0 Å². The second-order valence-corrected chi connectivity index (χ2v) is 6.22. The predicted molar refractivity (Wildman–Crippen MR) is 95.8 cm³/mol. The highest BCUT2D eigenvalue weighted by Crippen LogP contribution is 2.18. The summed E-state index contributed by atoms with van der Waals surface area (Å²) in [6, 6.07) is 15.2. The Kier molecular flexibility index (Phi) is 6.71. The largest absolute Gasteiger partial charge is 0.388 e. The Morgan fingerprint density at radius 3 is 1.38 bits per heavy atom. The van der Waals surface area contributed by atoms with E-state index in [1.54, 1.807) is 0 Å². The lowest BCUT2D eigenvalue weighted by Gasteiger charge is -2.10. The van der Waals surface area contributed by atoms with E-state index in [2.05, 4.69) is 0 Å². The van der Waals surface area contributed by atoms with Gasteiger partial charge in [-0.1, -0.05) is 62.4 Å². The van der Waals surface area contributed by atoms with E-state index in [0.29, 0.717) is 25.7 Å². The van der Waals surface area contributed by atoms with Crippen LogP contribution >= 0.6 is 0 Å². The van der Waals surface area contributed by atoms with Gasteiger partial charge in [-0.2, -0.15) is 0 Å². The van der Waals surface area contributed by atoms with Crippen LogP contribution in [-0.4, -0.2) is 16.0 Å². The van der Waals surface area contributed by atoms with Crippen molar-refractivity contribution in [1.82, 2.24) is 0 Å². The minimum absolute atomic E-state index is 0.155. The van der Waals surface area contributed by atoms with E-state index < -0.39 is 12.2 Å². The summed E-state index contributed by atoms with van der Waals surface area (Å²) in [7, 11) is 0. The molecule has 0 saturated carbocycles. The summed E-state index contributed by atoms with van der Waals surface area (Å²) in [6.07, 6.45) is 1.27. The van der Waals surface area contributed by atoms with Gasteiger partial charge < -0.3 is 10.2 Å². The quantitative estimate of drug-likeness (QED) is 0.773. The highest BCUT2D eigenvalue weighted by molar-refractivity contribution is 5.83. The third-order valence-electron chi connectivity index (χ3n) is 4.30. The van der Waals surface area contributed by atoms with Crippen LogP contribution in [0.25, 0.3) is 0 Å². The van der Waals surface area contributed by atoms with Crippen molar-refractivity contribution in [3.05, 3.63) is 70.8 Å². The fourth-order valence-electron chi connectivity index (χ4n) is 2.70. The lowest BCUT2D eigenvalue weighted by Crippen LogP contribution is -2.07. The number of rotatable bonds is 8. The maximum absolute atomic E-state index is 12.2. The second-order valence-electron chi connectivity index (χ2n) is 6.22. The van der Waals surface area contributed by atoms with Crippen LogP contribution in [0.4, 0.5) is 0 Å². The molecular weight excluding hydrogens is 300 g/mol. The van der Waals surface area contributed by atoms with Gasteiger partial charge in [-0.05, 0) is 35.1 Å². The van der Waals surface area contributed by atoms with Crippen LogP contribution in [0.1, 0.15) is 61.2 Å². The van der Waals surface area contributed by atoms with Crippen LogP contribution in [0.5, 0.6) is 0 Å². The fourth-order valence-corrected chi connectivity index (χ4v) is 2.70. The van der Waals surface area contributed by atoms with Crippen LogP contribution in [0, 0.1) is 0 Å². The molecule has 3 nitrogen and oxygen atoms in total. The molecule has 0 aliphatic heterocycles. The summed E-state index contributed by atoms with van der Waals surface area (Å²) in [6.45, 7) is 3.87. The average Bonchev–Trinajstić information content (AvgIpc) is 2.61. The molecule has 0 radical (unpaired) electrons. The molecule has 0 aromatic heterocycles. The molecule has 0 spiro atoms. The van der Waals surface area contributed by atoms with Gasteiger partial charge in [0.05, 0.1) is 12.2 Å². The van der Waals surface area contributed by atoms with Crippen LogP contribution in [-0.2, 0) is 17.6 Å². The molecule has 2 rings (SSSR count). The molecule has 0 fully saturated rings. The third-order valence-corrected chi connectivity index (χ3v) is 4.30. The molecule has 0 saturated heterocycles. The zero-order chi connectivity index (χ0) is 17.5. The summed E-state index contributed by atoms with van der Waals surface area (Å²) in [5, 5.41) is 19.6. The second kappa shape index (κ2) is 8.76. The lowest BCUT2D eigenvalue weighted by molar-refractivity contribution is -0.117. The molecule has 2 aromatic carbocycles. The Labute approximate surface area is 144 Å². The topological polar surface area (TPSA) is 57.5 Å². The van der Waals surface area contributed by atoms with Crippen LogP contribution in [0.2, 0.25) is 0 Å². The molecule has 128 valence electrons. The molecule has 0 heterocycles. The van der Waals surface area contributed by atoms with Crippen LogP contribution in [0.3, 0.4) is 0 Å². The number of ketones is 1. The van der Waals surface area contributed by atoms with Crippen molar-refractivity contribution in [2.45, 2.75) is 51.7 Å². The van der Waals surface area contributed by atoms with E-state index >= 15 is 0 Å². The van der Waals surface area contributed by atoms with Gasteiger partial charge in [-0.15, -0.1) is 0 Å². The van der Waals surface area contributed by atoms with Crippen molar-refractivity contribution in [2.75, 3.05) is 0 Å². The van der Waals surface area contributed by atoms with Crippen molar-refractivity contribution in [3.8, 4) is 0 Å². The molecule has 0 amide bonds. The van der Waals surface area contributed by atoms with E-state index in [4.69, 9.17) is 0 Å². The van der Waals surface area contributed by atoms with E-state index in [1.165, 1.54) is 0 Å². The first-order valence-electron chi connectivity index (χ1n) is 8.59. The number of hydrogen-bond donors (Lipinski definition) is 2. The predicted octanol–water partition coefficient (Wildman–Crippen LogP) is 3.93. The zero-order valence-electron chi connectivity index (χ0n) is 14.4. The molecular formula is C21H26O3. The molecule has 0 aliphatic carbocycles. The van der Waals surface area contributed by atoms with Gasteiger partial charge in [0.2, 0.25) is 0 Å². The van der Waals surface area contributed by atoms with Crippen LogP contribution in [0.15, 0.2) is 48.5 Å². The van der Waals surface area contributed by atoms with E-state index in [0.717, 1.165) is 22.3 Å². The van der Waals surface area contributed by atoms with Crippen molar-refractivity contribution in [3.63, 3.8) is 0 Å². The zero-order valence-corrected chi connectivity index (χ0v) is 14.4. The molecule has 2 aromatic rings. The minimum atomic E-state index is -0.438. The summed E-state index contributed by atoms with van der Waals surface area (Å²) < 4.78 is 0. The third kappa shape index (κ3) is 5.02. The number of Topliss-reactive ketones (excluding diaryl/α,β-unsaturated/α-hetero) is 1. The molecule has 3 heteroatoms. The summed E-state index contributed by atoms with van der Waals surface area (Å²) >= 11 is 0. The molecule has 2 N–H and O–H groups in total. The first kappa shape index (κ1) is 18.4. The van der Waals surface area contributed by atoms with E-state index in [-0.39, 0.29) is 5.78 Å². The Morgan fingerprint density at radius 1 is 0.750 bits per heavy atom. The highest BCUT2D eigenvalue weighted by atomic mass is 16.3. The van der Waals surface area contributed by atoms with Crippen LogP contribution < -0.4 is 0 Å². The number of benzene rings is 2. The lowest BCUT2D eigenvalue weighted by atomic mass is 9.98. The number of aliphatic hydroxyl groups is 2. The summed E-state index contributed by atoms with van der Waals surface area (Å²) in [5.41, 5.74) is 3.70. The standard InChI is InChI=1S/C21H26O3/c1-3-20(23)17-9-5-15(6-10-17)13-19(22)14-16-7-11-18(12-8-16)21(24)4-2/h5-12,20-21,23-24H,3-4,13-14H2,1-2H3. The number of carbonyl (C=O) groups is 1.